The molecule has 160 valence electrons. The van der Waals surface area contributed by atoms with Crippen LogP contribution in [0.1, 0.15) is 22.3 Å². The average Bonchev–Trinajstić information content (AvgIpc) is 2.74. The topological polar surface area (TPSA) is 92.5 Å². The molecule has 0 aromatic heterocycles. The SMILES string of the molecule is Nc1cc(Cl)ccc1C(=O)Nc1cc(S(=O)(=O)N2CCCc3ccccc32)ccc1Cl. The Morgan fingerprint density at radius 2 is 1.81 bits per heavy atom. The molecule has 3 aromatic carbocycles. The Labute approximate surface area is 190 Å². The predicted molar refractivity (Wildman–Crippen MR) is 125 cm³/mol. The van der Waals surface area contributed by atoms with Gasteiger partial charge >= 0.3 is 0 Å². The van der Waals surface area contributed by atoms with Gasteiger partial charge in [0.05, 0.1) is 26.9 Å². The maximum absolute atomic E-state index is 13.4. The third-order valence-corrected chi connectivity index (χ3v) is 7.47. The highest BCUT2D eigenvalue weighted by atomic mass is 35.5. The molecular weight excluding hydrogens is 457 g/mol. The van der Waals surface area contributed by atoms with Crippen molar-refractivity contribution < 1.29 is 13.2 Å². The number of nitrogens with one attached hydrogen (secondary N) is 1. The number of aryl methyl sites for hydroxylation is 1. The van der Waals surface area contributed by atoms with E-state index in [1.54, 1.807) is 12.1 Å². The van der Waals surface area contributed by atoms with Crippen LogP contribution in [0.4, 0.5) is 17.1 Å². The molecule has 0 bridgehead atoms. The lowest BCUT2D eigenvalue weighted by molar-refractivity contribution is 0.102. The maximum atomic E-state index is 13.4. The normalized spacial score (nSPS) is 13.5. The van der Waals surface area contributed by atoms with Gasteiger partial charge in [0.25, 0.3) is 15.9 Å². The molecule has 0 atom stereocenters. The lowest BCUT2D eigenvalue weighted by Gasteiger charge is -2.30. The van der Waals surface area contributed by atoms with Crippen LogP contribution in [0.15, 0.2) is 65.6 Å². The van der Waals surface area contributed by atoms with Gasteiger partial charge in [-0.3, -0.25) is 9.10 Å². The number of carbonyl (C=O) groups excluding carboxylic acids is 1. The second-order valence-corrected chi connectivity index (χ2v) is 9.84. The second-order valence-electron chi connectivity index (χ2n) is 7.14. The number of amides is 1. The number of nitrogen functional groups attached to an aromatic ring is 1. The summed E-state index contributed by atoms with van der Waals surface area (Å²) in [6, 6.07) is 16.2. The monoisotopic (exact) mass is 475 g/mol. The number of para-hydroxylation sites is 1. The summed E-state index contributed by atoms with van der Waals surface area (Å²) in [6.45, 7) is 0.380. The van der Waals surface area contributed by atoms with E-state index in [4.69, 9.17) is 28.9 Å². The molecule has 9 heteroatoms. The molecule has 1 aliphatic heterocycles. The summed E-state index contributed by atoms with van der Waals surface area (Å²) in [7, 11) is -3.85. The van der Waals surface area contributed by atoms with Gasteiger partial charge in [-0.15, -0.1) is 0 Å². The van der Waals surface area contributed by atoms with Gasteiger partial charge in [0.1, 0.15) is 0 Å². The quantitative estimate of drug-likeness (QED) is 0.520. The Kier molecular flexibility index (Phi) is 5.83. The number of carbonyl (C=O) groups is 1. The van der Waals surface area contributed by atoms with Crippen molar-refractivity contribution in [2.75, 3.05) is 21.9 Å². The van der Waals surface area contributed by atoms with Crippen molar-refractivity contribution in [1.82, 2.24) is 0 Å². The van der Waals surface area contributed by atoms with Crippen LogP contribution in [0, 0.1) is 0 Å². The number of anilines is 3. The number of halogens is 2. The van der Waals surface area contributed by atoms with E-state index in [-0.39, 0.29) is 26.9 Å². The predicted octanol–water partition coefficient (Wildman–Crippen LogP) is 4.97. The van der Waals surface area contributed by atoms with E-state index in [9.17, 15) is 13.2 Å². The number of benzene rings is 3. The van der Waals surface area contributed by atoms with Gasteiger partial charge < -0.3 is 11.1 Å². The first-order valence-corrected chi connectivity index (χ1v) is 11.7. The lowest BCUT2D eigenvalue weighted by Crippen LogP contribution is -2.35. The first-order chi connectivity index (χ1) is 14.8. The molecule has 3 N–H and O–H groups in total. The van der Waals surface area contributed by atoms with E-state index in [0.29, 0.717) is 17.3 Å². The fourth-order valence-electron chi connectivity index (χ4n) is 3.57. The number of sulfonamides is 1. The summed E-state index contributed by atoms with van der Waals surface area (Å²) in [5.74, 6) is -0.520. The molecule has 0 saturated heterocycles. The number of nitrogens with two attached hydrogens (primary N) is 1. The summed E-state index contributed by atoms with van der Waals surface area (Å²) in [5, 5.41) is 3.26. The maximum Gasteiger partial charge on any atom is 0.264 e. The molecule has 0 aliphatic carbocycles. The van der Waals surface area contributed by atoms with Crippen LogP contribution in [0.2, 0.25) is 10.0 Å². The number of hydrogen-bond donors (Lipinski definition) is 2. The van der Waals surface area contributed by atoms with Gasteiger partial charge in [-0.25, -0.2) is 8.42 Å². The van der Waals surface area contributed by atoms with Crippen molar-refractivity contribution in [2.45, 2.75) is 17.7 Å². The zero-order valence-corrected chi connectivity index (χ0v) is 18.6. The molecule has 4 rings (SSSR count). The first-order valence-electron chi connectivity index (χ1n) is 9.54. The Hall–Kier alpha value is -2.74. The molecule has 0 spiro atoms. The van der Waals surface area contributed by atoms with Gasteiger partial charge in [-0.2, -0.15) is 0 Å². The second kappa shape index (κ2) is 8.42. The van der Waals surface area contributed by atoms with Crippen molar-refractivity contribution in [2.24, 2.45) is 0 Å². The van der Waals surface area contributed by atoms with Gasteiger partial charge in [0.2, 0.25) is 0 Å². The van der Waals surface area contributed by atoms with Crippen LogP contribution < -0.4 is 15.4 Å². The van der Waals surface area contributed by atoms with Crippen LogP contribution >= 0.6 is 23.2 Å². The lowest BCUT2D eigenvalue weighted by atomic mass is 10.0. The Balaban J connectivity index is 1.67. The van der Waals surface area contributed by atoms with Crippen molar-refractivity contribution in [1.29, 1.82) is 0 Å². The highest BCUT2D eigenvalue weighted by Crippen LogP contribution is 2.34. The zero-order valence-electron chi connectivity index (χ0n) is 16.3. The third-order valence-electron chi connectivity index (χ3n) is 5.10. The highest BCUT2D eigenvalue weighted by Gasteiger charge is 2.29. The Morgan fingerprint density at radius 1 is 1.03 bits per heavy atom. The molecule has 0 radical (unpaired) electrons. The van der Waals surface area contributed by atoms with Gasteiger partial charge in [0, 0.05) is 17.3 Å². The first kappa shape index (κ1) is 21.5. The minimum Gasteiger partial charge on any atom is -0.398 e. The summed E-state index contributed by atoms with van der Waals surface area (Å²) in [6.07, 6.45) is 1.55. The van der Waals surface area contributed by atoms with E-state index in [0.717, 1.165) is 18.4 Å². The molecule has 3 aromatic rings. The molecule has 1 amide bonds. The standard InChI is InChI=1S/C22H19Cl2N3O3S/c23-15-7-9-17(19(25)12-15)22(28)26-20-13-16(8-10-18(20)24)31(29,30)27-11-3-5-14-4-1-2-6-21(14)27/h1-2,4,6-10,12-13H,3,5,11,25H2,(H,26,28). The summed E-state index contributed by atoms with van der Waals surface area (Å²) in [4.78, 5) is 12.7. The number of hydrogen-bond acceptors (Lipinski definition) is 4. The summed E-state index contributed by atoms with van der Waals surface area (Å²) >= 11 is 12.1. The fraction of sp³-hybridized carbons (Fsp3) is 0.136. The number of fused-ring (bicyclic) bond motifs is 1. The molecule has 31 heavy (non-hydrogen) atoms. The largest absolute Gasteiger partial charge is 0.398 e. The van der Waals surface area contributed by atoms with Crippen LogP contribution in [0.3, 0.4) is 0 Å². The molecule has 1 heterocycles. The van der Waals surface area contributed by atoms with Crippen LogP contribution in [-0.4, -0.2) is 20.9 Å². The van der Waals surface area contributed by atoms with E-state index >= 15 is 0 Å². The summed E-state index contributed by atoms with van der Waals surface area (Å²) < 4.78 is 28.2. The summed E-state index contributed by atoms with van der Waals surface area (Å²) in [5.41, 5.74) is 8.11. The Morgan fingerprint density at radius 3 is 2.58 bits per heavy atom. The van der Waals surface area contributed by atoms with Crippen molar-refractivity contribution >= 4 is 56.2 Å². The van der Waals surface area contributed by atoms with Crippen LogP contribution in [-0.2, 0) is 16.4 Å². The minimum atomic E-state index is -3.85. The van der Waals surface area contributed by atoms with Crippen LogP contribution in [0.5, 0.6) is 0 Å². The van der Waals surface area contributed by atoms with Crippen molar-refractivity contribution in [3.05, 3.63) is 81.8 Å². The zero-order chi connectivity index (χ0) is 22.2. The van der Waals surface area contributed by atoms with E-state index in [2.05, 4.69) is 5.32 Å². The highest BCUT2D eigenvalue weighted by molar-refractivity contribution is 7.92. The third kappa shape index (κ3) is 4.21. The Bertz CT molecular complexity index is 1280. The van der Waals surface area contributed by atoms with Crippen molar-refractivity contribution in [3.63, 3.8) is 0 Å². The molecule has 6 nitrogen and oxygen atoms in total. The van der Waals surface area contributed by atoms with Crippen molar-refractivity contribution in [3.8, 4) is 0 Å². The molecule has 0 fully saturated rings. The van der Waals surface area contributed by atoms with E-state index < -0.39 is 15.9 Å². The van der Waals surface area contributed by atoms with Crippen LogP contribution in [0.25, 0.3) is 0 Å². The molecular formula is C22H19Cl2N3O3S. The minimum absolute atomic E-state index is 0.0352. The number of rotatable bonds is 4. The van der Waals surface area contributed by atoms with Gasteiger partial charge in [-0.05, 0) is 60.9 Å². The molecule has 0 saturated carbocycles. The van der Waals surface area contributed by atoms with E-state index in [1.165, 1.54) is 34.6 Å². The number of nitrogens with zero attached hydrogens (tertiary/aromatic N) is 1. The fourth-order valence-corrected chi connectivity index (χ4v) is 5.48. The van der Waals surface area contributed by atoms with Gasteiger partial charge in [0.15, 0.2) is 0 Å². The average molecular weight is 476 g/mol. The van der Waals surface area contributed by atoms with E-state index in [1.807, 2.05) is 18.2 Å². The molecule has 1 aliphatic rings. The molecule has 0 unspecified atom stereocenters. The van der Waals surface area contributed by atoms with Gasteiger partial charge in [-0.1, -0.05) is 41.4 Å². The smallest absolute Gasteiger partial charge is 0.264 e.